The number of nitrogens with one attached hydrogen (secondary N) is 1. The van der Waals surface area contributed by atoms with Gasteiger partial charge in [-0.2, -0.15) is 0 Å². The Kier molecular flexibility index (Phi) is 12.0. The van der Waals surface area contributed by atoms with E-state index in [1.165, 1.54) is 17.0 Å². The molecule has 0 spiro atoms. The molecule has 0 aliphatic carbocycles. The molecule has 0 aliphatic rings. The molecule has 42 heavy (non-hydrogen) atoms. The van der Waals surface area contributed by atoms with Gasteiger partial charge in [0, 0.05) is 12.6 Å². The van der Waals surface area contributed by atoms with Gasteiger partial charge in [0.1, 0.15) is 18.3 Å². The second kappa shape index (κ2) is 15.4. The second-order valence-electron chi connectivity index (χ2n) is 10.3. The Labute approximate surface area is 250 Å². The van der Waals surface area contributed by atoms with Crippen LogP contribution in [-0.2, 0) is 26.0 Å². The van der Waals surface area contributed by atoms with Crippen molar-refractivity contribution in [2.24, 2.45) is 0 Å². The summed E-state index contributed by atoms with van der Waals surface area (Å²) in [6, 6.07) is 22.1. The van der Waals surface area contributed by atoms with Crippen LogP contribution in [0.15, 0.2) is 83.8 Å². The number of amides is 2. The molecule has 3 aromatic carbocycles. The van der Waals surface area contributed by atoms with Crippen molar-refractivity contribution >= 4 is 27.5 Å². The fourth-order valence-corrected chi connectivity index (χ4v) is 5.99. The summed E-state index contributed by atoms with van der Waals surface area (Å²) in [7, 11) is -4.12. The number of sulfonamides is 1. The summed E-state index contributed by atoms with van der Waals surface area (Å²) >= 11 is 0. The summed E-state index contributed by atoms with van der Waals surface area (Å²) in [5, 5.41) is 3.00. The third-order valence-electron chi connectivity index (χ3n) is 7.19. The Morgan fingerprint density at radius 1 is 0.881 bits per heavy atom. The van der Waals surface area contributed by atoms with Crippen LogP contribution < -0.4 is 14.4 Å². The normalized spacial score (nSPS) is 12.7. The number of nitrogens with zero attached hydrogens (tertiary/aromatic N) is 2. The lowest BCUT2D eigenvalue weighted by Crippen LogP contribution is -2.54. The summed E-state index contributed by atoms with van der Waals surface area (Å²) in [6.45, 7) is 9.77. The molecule has 0 heterocycles. The highest BCUT2D eigenvalue weighted by Crippen LogP contribution is 2.27. The molecule has 0 fully saturated rings. The zero-order valence-electron chi connectivity index (χ0n) is 25.2. The lowest BCUT2D eigenvalue weighted by Gasteiger charge is -2.33. The molecule has 226 valence electrons. The van der Waals surface area contributed by atoms with E-state index in [4.69, 9.17) is 4.74 Å². The summed E-state index contributed by atoms with van der Waals surface area (Å²) in [6.07, 6.45) is 1.66. The van der Waals surface area contributed by atoms with Gasteiger partial charge in [-0.3, -0.25) is 13.9 Å². The fraction of sp³-hybridized carbons (Fsp3) is 0.394. The number of hydrogen-bond acceptors (Lipinski definition) is 5. The average Bonchev–Trinajstić information content (AvgIpc) is 2.99. The van der Waals surface area contributed by atoms with E-state index in [2.05, 4.69) is 5.32 Å². The van der Waals surface area contributed by atoms with Crippen LogP contribution >= 0.6 is 0 Å². The minimum Gasteiger partial charge on any atom is -0.494 e. The van der Waals surface area contributed by atoms with Gasteiger partial charge in [0.15, 0.2) is 0 Å². The van der Waals surface area contributed by atoms with Gasteiger partial charge in [0.25, 0.3) is 10.0 Å². The van der Waals surface area contributed by atoms with Crippen LogP contribution in [0.2, 0.25) is 0 Å². The lowest BCUT2D eigenvalue weighted by atomic mass is 10.1. The van der Waals surface area contributed by atoms with E-state index in [1.54, 1.807) is 36.4 Å². The average molecular weight is 594 g/mol. The van der Waals surface area contributed by atoms with Gasteiger partial charge in [-0.25, -0.2) is 8.42 Å². The predicted molar refractivity (Wildman–Crippen MR) is 167 cm³/mol. The van der Waals surface area contributed by atoms with Gasteiger partial charge in [0.2, 0.25) is 11.8 Å². The minimum absolute atomic E-state index is 0.0557. The molecule has 0 bridgehead atoms. The molecule has 2 atom stereocenters. The van der Waals surface area contributed by atoms with Crippen molar-refractivity contribution in [1.29, 1.82) is 0 Å². The third kappa shape index (κ3) is 8.58. The summed E-state index contributed by atoms with van der Waals surface area (Å²) in [4.78, 5) is 29.1. The van der Waals surface area contributed by atoms with E-state index in [9.17, 15) is 18.0 Å². The Morgan fingerprint density at radius 3 is 2.10 bits per heavy atom. The number of carbonyl (C=O) groups excluding carboxylic acids is 2. The second-order valence-corrected chi connectivity index (χ2v) is 12.2. The summed E-state index contributed by atoms with van der Waals surface area (Å²) in [5.41, 5.74) is 2.26. The fourth-order valence-electron chi connectivity index (χ4n) is 4.58. The van der Waals surface area contributed by atoms with E-state index in [1.807, 2.05) is 65.0 Å². The first-order chi connectivity index (χ1) is 20.1. The molecule has 0 aliphatic heterocycles. The van der Waals surface area contributed by atoms with Crippen LogP contribution in [0, 0.1) is 6.92 Å². The molecule has 3 aromatic rings. The van der Waals surface area contributed by atoms with E-state index in [0.29, 0.717) is 30.9 Å². The molecule has 1 N–H and O–H groups in total. The highest BCUT2D eigenvalue weighted by molar-refractivity contribution is 7.92. The monoisotopic (exact) mass is 593 g/mol. The molecule has 0 saturated carbocycles. The number of ether oxygens (including phenoxy) is 1. The Balaban J connectivity index is 2.01. The van der Waals surface area contributed by atoms with Gasteiger partial charge in [0.05, 0.1) is 17.2 Å². The van der Waals surface area contributed by atoms with Crippen molar-refractivity contribution in [3.8, 4) is 5.75 Å². The van der Waals surface area contributed by atoms with E-state index < -0.39 is 28.5 Å². The SMILES string of the molecule is CCOc1ccc(N(CC(=O)N(CCc2ccccc2)C(CC)C(=O)NC(C)CC)S(=O)(=O)c2ccc(C)cc2)cc1. The molecule has 0 aromatic heterocycles. The molecule has 0 radical (unpaired) electrons. The number of carbonyl (C=O) groups is 2. The van der Waals surface area contributed by atoms with Crippen molar-refractivity contribution < 1.29 is 22.7 Å². The highest BCUT2D eigenvalue weighted by atomic mass is 32.2. The topological polar surface area (TPSA) is 96.0 Å². The van der Waals surface area contributed by atoms with Gasteiger partial charge in [-0.1, -0.05) is 61.9 Å². The molecular weight excluding hydrogens is 550 g/mol. The lowest BCUT2D eigenvalue weighted by molar-refractivity contribution is -0.139. The highest BCUT2D eigenvalue weighted by Gasteiger charge is 2.33. The maximum absolute atomic E-state index is 14.1. The summed E-state index contributed by atoms with van der Waals surface area (Å²) < 4.78 is 34.6. The largest absolute Gasteiger partial charge is 0.494 e. The smallest absolute Gasteiger partial charge is 0.264 e. The van der Waals surface area contributed by atoms with Gasteiger partial charge in [-0.15, -0.1) is 0 Å². The molecule has 2 unspecified atom stereocenters. The van der Waals surface area contributed by atoms with Crippen molar-refractivity contribution in [2.75, 3.05) is 24.0 Å². The van der Waals surface area contributed by atoms with Crippen molar-refractivity contribution in [1.82, 2.24) is 10.2 Å². The van der Waals surface area contributed by atoms with Crippen LogP contribution in [0.5, 0.6) is 5.75 Å². The molecule has 9 heteroatoms. The Hall–Kier alpha value is -3.85. The Morgan fingerprint density at radius 2 is 1.52 bits per heavy atom. The first-order valence-corrected chi connectivity index (χ1v) is 16.0. The van der Waals surface area contributed by atoms with Crippen molar-refractivity contribution in [3.63, 3.8) is 0 Å². The number of anilines is 1. The van der Waals surface area contributed by atoms with Crippen LogP contribution in [-0.4, -0.2) is 56.9 Å². The maximum atomic E-state index is 14.1. The Bertz CT molecular complexity index is 1390. The van der Waals surface area contributed by atoms with E-state index in [-0.39, 0.29) is 23.4 Å². The molecule has 8 nitrogen and oxygen atoms in total. The molecule has 3 rings (SSSR count). The first kappa shape index (κ1) is 32.7. The van der Waals surface area contributed by atoms with Crippen LogP contribution in [0.1, 0.15) is 51.7 Å². The maximum Gasteiger partial charge on any atom is 0.264 e. The summed E-state index contributed by atoms with van der Waals surface area (Å²) in [5.74, 6) is -0.110. The van der Waals surface area contributed by atoms with Gasteiger partial charge < -0.3 is 15.0 Å². The molecule has 0 saturated heterocycles. The van der Waals surface area contributed by atoms with E-state index >= 15 is 0 Å². The molecular formula is C33H43N3O5S. The van der Waals surface area contributed by atoms with E-state index in [0.717, 1.165) is 21.9 Å². The zero-order chi connectivity index (χ0) is 30.7. The van der Waals surface area contributed by atoms with Gasteiger partial charge >= 0.3 is 0 Å². The quantitative estimate of drug-likeness (QED) is 0.256. The molecule has 2 amide bonds. The first-order valence-electron chi connectivity index (χ1n) is 14.6. The van der Waals surface area contributed by atoms with Crippen LogP contribution in [0.3, 0.4) is 0 Å². The number of rotatable bonds is 15. The number of benzene rings is 3. The third-order valence-corrected chi connectivity index (χ3v) is 8.98. The minimum atomic E-state index is -4.12. The van der Waals surface area contributed by atoms with Crippen LogP contribution in [0.25, 0.3) is 0 Å². The number of hydrogen-bond donors (Lipinski definition) is 1. The zero-order valence-corrected chi connectivity index (χ0v) is 26.1. The standard InChI is InChI=1S/C33H43N3O5S/c1-6-26(5)34-33(38)31(7-2)35(23-22-27-12-10-9-11-13-27)32(37)24-36(28-16-18-29(19-17-28)41-8-3)42(39,40)30-20-14-25(4)15-21-30/h9-21,26,31H,6-8,22-24H2,1-5H3,(H,34,38). The van der Waals surface area contributed by atoms with Crippen molar-refractivity contribution in [3.05, 3.63) is 90.0 Å². The predicted octanol–water partition coefficient (Wildman–Crippen LogP) is 5.35. The van der Waals surface area contributed by atoms with Crippen LogP contribution in [0.4, 0.5) is 5.69 Å². The van der Waals surface area contributed by atoms with Gasteiger partial charge in [-0.05, 0) is 82.0 Å². The van der Waals surface area contributed by atoms with Crippen molar-refractivity contribution in [2.45, 2.75) is 70.9 Å². The number of aryl methyl sites for hydroxylation is 1.